The van der Waals surface area contributed by atoms with Crippen molar-refractivity contribution in [2.24, 2.45) is 11.8 Å². The van der Waals surface area contributed by atoms with E-state index < -0.39 is 0 Å². The van der Waals surface area contributed by atoms with Crippen molar-refractivity contribution in [1.82, 2.24) is 4.98 Å². The number of nitrogens with one attached hydrogen (secondary N) is 1. The van der Waals surface area contributed by atoms with E-state index in [2.05, 4.69) is 10.3 Å². The van der Waals surface area contributed by atoms with Crippen LogP contribution in [-0.4, -0.2) is 18.0 Å². The average molecular weight is 293 g/mol. The molecule has 1 aromatic heterocycles. The van der Waals surface area contributed by atoms with Gasteiger partial charge in [-0.3, -0.25) is 4.79 Å². The molecule has 0 aliphatic carbocycles. The molecule has 2 rings (SSSR count). The second-order valence-corrected chi connectivity index (χ2v) is 6.14. The van der Waals surface area contributed by atoms with Gasteiger partial charge >= 0.3 is 0 Å². The second kappa shape index (κ2) is 5.66. The van der Waals surface area contributed by atoms with Gasteiger partial charge in [-0.05, 0) is 12.0 Å². The van der Waals surface area contributed by atoms with Crippen LogP contribution in [0.4, 0.5) is 10.8 Å². The van der Waals surface area contributed by atoms with Crippen molar-refractivity contribution < 1.29 is 9.53 Å². The standard InChI is InChI=1S/C14H19N3O2S/c1-7(2)8(3)13(18)17-14-16-12-10(19-4)5-9(15)6-11(12)20-14/h5-8H,15H2,1-4H3,(H,16,17,18). The maximum Gasteiger partial charge on any atom is 0.229 e. The number of fused-ring (bicyclic) bond motifs is 1. The monoisotopic (exact) mass is 293 g/mol. The van der Waals surface area contributed by atoms with E-state index in [9.17, 15) is 4.79 Å². The lowest BCUT2D eigenvalue weighted by molar-refractivity contribution is -0.120. The zero-order valence-electron chi connectivity index (χ0n) is 12.1. The van der Waals surface area contributed by atoms with Crippen molar-refractivity contribution >= 4 is 38.3 Å². The molecule has 1 unspecified atom stereocenters. The van der Waals surface area contributed by atoms with Crippen LogP contribution in [0.25, 0.3) is 10.2 Å². The van der Waals surface area contributed by atoms with Crippen molar-refractivity contribution in [3.05, 3.63) is 12.1 Å². The Morgan fingerprint density at radius 2 is 2.10 bits per heavy atom. The lowest BCUT2D eigenvalue weighted by atomic mass is 9.97. The van der Waals surface area contributed by atoms with Crippen LogP contribution < -0.4 is 15.8 Å². The zero-order valence-corrected chi connectivity index (χ0v) is 12.9. The maximum atomic E-state index is 12.1. The van der Waals surface area contributed by atoms with Gasteiger partial charge in [-0.25, -0.2) is 4.98 Å². The Morgan fingerprint density at radius 3 is 2.70 bits per heavy atom. The molecule has 2 aromatic rings. The van der Waals surface area contributed by atoms with E-state index >= 15 is 0 Å². The Hall–Kier alpha value is -1.82. The molecule has 0 bridgehead atoms. The van der Waals surface area contributed by atoms with Gasteiger partial charge < -0.3 is 15.8 Å². The smallest absolute Gasteiger partial charge is 0.229 e. The number of carbonyl (C=O) groups excluding carboxylic acids is 1. The van der Waals surface area contributed by atoms with E-state index in [0.29, 0.717) is 16.6 Å². The van der Waals surface area contributed by atoms with Crippen molar-refractivity contribution in [2.75, 3.05) is 18.2 Å². The number of ether oxygens (including phenoxy) is 1. The number of hydrogen-bond acceptors (Lipinski definition) is 5. The van der Waals surface area contributed by atoms with Gasteiger partial charge in [0.15, 0.2) is 5.13 Å². The molecule has 0 aliphatic heterocycles. The molecule has 1 atom stereocenters. The molecule has 0 spiro atoms. The largest absolute Gasteiger partial charge is 0.494 e. The molecule has 5 nitrogen and oxygen atoms in total. The minimum atomic E-state index is -0.0611. The third-order valence-corrected chi connectivity index (χ3v) is 4.26. The molecular weight excluding hydrogens is 274 g/mol. The predicted octanol–water partition coefficient (Wildman–Crippen LogP) is 3.12. The van der Waals surface area contributed by atoms with Crippen molar-refractivity contribution in [2.45, 2.75) is 20.8 Å². The SMILES string of the molecule is COc1cc(N)cc2sc(NC(=O)C(C)C(C)C)nc12. The Kier molecular flexibility index (Phi) is 4.13. The third kappa shape index (κ3) is 2.85. The van der Waals surface area contributed by atoms with Crippen molar-refractivity contribution in [3.63, 3.8) is 0 Å². The highest BCUT2D eigenvalue weighted by Gasteiger charge is 2.19. The van der Waals surface area contributed by atoms with Crippen LogP contribution in [0.5, 0.6) is 5.75 Å². The summed E-state index contributed by atoms with van der Waals surface area (Å²) < 4.78 is 6.16. The summed E-state index contributed by atoms with van der Waals surface area (Å²) in [7, 11) is 1.58. The average Bonchev–Trinajstić information content (AvgIpc) is 2.78. The number of anilines is 2. The molecule has 0 aliphatic rings. The summed E-state index contributed by atoms with van der Waals surface area (Å²) in [5.41, 5.74) is 7.15. The van der Waals surface area contributed by atoms with Gasteiger partial charge in [-0.1, -0.05) is 32.1 Å². The zero-order chi connectivity index (χ0) is 14.9. The summed E-state index contributed by atoms with van der Waals surface area (Å²) in [6.07, 6.45) is 0. The predicted molar refractivity (Wildman–Crippen MR) is 83.2 cm³/mol. The molecule has 0 saturated heterocycles. The van der Waals surface area contributed by atoms with Gasteiger partial charge in [0, 0.05) is 17.7 Å². The summed E-state index contributed by atoms with van der Waals surface area (Å²) in [5.74, 6) is 0.822. The summed E-state index contributed by atoms with van der Waals surface area (Å²) in [6.45, 7) is 5.95. The molecule has 1 amide bonds. The fourth-order valence-electron chi connectivity index (χ4n) is 1.75. The number of nitrogens with zero attached hydrogens (tertiary/aromatic N) is 1. The minimum Gasteiger partial charge on any atom is -0.494 e. The Morgan fingerprint density at radius 1 is 1.40 bits per heavy atom. The molecule has 3 N–H and O–H groups in total. The number of methoxy groups -OCH3 is 1. The number of nitrogens with two attached hydrogens (primary N) is 1. The number of amides is 1. The van der Waals surface area contributed by atoms with E-state index in [1.54, 1.807) is 13.2 Å². The maximum absolute atomic E-state index is 12.1. The molecule has 1 aromatic carbocycles. The summed E-state index contributed by atoms with van der Waals surface area (Å²) in [6, 6.07) is 3.56. The number of thiazole rings is 1. The van der Waals surface area contributed by atoms with Gasteiger partial charge in [-0.15, -0.1) is 0 Å². The van der Waals surface area contributed by atoms with E-state index in [-0.39, 0.29) is 17.7 Å². The first-order valence-corrected chi connectivity index (χ1v) is 7.29. The lowest BCUT2D eigenvalue weighted by Gasteiger charge is -2.13. The Bertz CT molecular complexity index is 637. The van der Waals surface area contributed by atoms with E-state index in [0.717, 1.165) is 10.2 Å². The number of benzene rings is 1. The van der Waals surface area contributed by atoms with Crippen LogP contribution >= 0.6 is 11.3 Å². The molecule has 20 heavy (non-hydrogen) atoms. The van der Waals surface area contributed by atoms with Gasteiger partial charge in [-0.2, -0.15) is 0 Å². The van der Waals surface area contributed by atoms with Crippen LogP contribution in [0.1, 0.15) is 20.8 Å². The van der Waals surface area contributed by atoms with Gasteiger partial charge in [0.2, 0.25) is 5.91 Å². The Labute approximate surface area is 122 Å². The van der Waals surface area contributed by atoms with E-state index in [1.165, 1.54) is 11.3 Å². The van der Waals surface area contributed by atoms with Crippen LogP contribution in [0.2, 0.25) is 0 Å². The van der Waals surface area contributed by atoms with E-state index in [4.69, 9.17) is 10.5 Å². The second-order valence-electron chi connectivity index (χ2n) is 5.11. The number of nitrogen functional groups attached to an aromatic ring is 1. The van der Waals surface area contributed by atoms with Crippen LogP contribution in [0.15, 0.2) is 12.1 Å². The molecule has 0 saturated carbocycles. The molecule has 108 valence electrons. The first-order valence-electron chi connectivity index (χ1n) is 6.47. The fourth-order valence-corrected chi connectivity index (χ4v) is 2.68. The summed E-state index contributed by atoms with van der Waals surface area (Å²) >= 11 is 1.40. The number of hydrogen-bond donors (Lipinski definition) is 2. The molecule has 6 heteroatoms. The van der Waals surface area contributed by atoms with E-state index in [1.807, 2.05) is 26.8 Å². The minimum absolute atomic E-state index is 0.0222. The van der Waals surface area contributed by atoms with Gasteiger partial charge in [0.25, 0.3) is 0 Å². The van der Waals surface area contributed by atoms with Gasteiger partial charge in [0.1, 0.15) is 11.3 Å². The number of carbonyl (C=O) groups is 1. The Balaban J connectivity index is 2.31. The topological polar surface area (TPSA) is 77.2 Å². The highest BCUT2D eigenvalue weighted by atomic mass is 32.1. The molecule has 0 fully saturated rings. The van der Waals surface area contributed by atoms with Crippen LogP contribution in [0, 0.1) is 11.8 Å². The first kappa shape index (κ1) is 14.6. The highest BCUT2D eigenvalue weighted by molar-refractivity contribution is 7.22. The highest BCUT2D eigenvalue weighted by Crippen LogP contribution is 2.34. The molecule has 1 heterocycles. The van der Waals surface area contributed by atoms with Crippen molar-refractivity contribution in [1.29, 1.82) is 0 Å². The van der Waals surface area contributed by atoms with Gasteiger partial charge in [0.05, 0.1) is 11.8 Å². The van der Waals surface area contributed by atoms with Crippen LogP contribution in [0.3, 0.4) is 0 Å². The fraction of sp³-hybridized carbons (Fsp3) is 0.429. The molecule has 0 radical (unpaired) electrons. The number of aromatic nitrogens is 1. The first-order chi connectivity index (χ1) is 9.42. The normalized spacial score (nSPS) is 12.7. The summed E-state index contributed by atoms with van der Waals surface area (Å²) in [5, 5.41) is 3.43. The summed E-state index contributed by atoms with van der Waals surface area (Å²) in [4.78, 5) is 16.5. The lowest BCUT2D eigenvalue weighted by Crippen LogP contribution is -2.24. The quantitative estimate of drug-likeness (QED) is 0.849. The van der Waals surface area contributed by atoms with Crippen LogP contribution in [-0.2, 0) is 4.79 Å². The third-order valence-electron chi connectivity index (χ3n) is 3.35. The molecular formula is C14H19N3O2S. The van der Waals surface area contributed by atoms with Crippen molar-refractivity contribution in [3.8, 4) is 5.75 Å². The number of rotatable bonds is 4.